The molecule has 1 aliphatic rings. The van der Waals surface area contributed by atoms with Crippen LogP contribution in [0.1, 0.15) is 12.0 Å². The summed E-state index contributed by atoms with van der Waals surface area (Å²) in [5.74, 6) is 0.775. The zero-order valence-electron chi connectivity index (χ0n) is 11.6. The van der Waals surface area contributed by atoms with Crippen molar-refractivity contribution in [3.05, 3.63) is 54.2 Å². The molecule has 2 aromatic carbocycles. The van der Waals surface area contributed by atoms with E-state index in [0.717, 1.165) is 35.5 Å². The van der Waals surface area contributed by atoms with Gasteiger partial charge < -0.3 is 10.6 Å². The molecule has 4 heteroatoms. The number of nitrogens with one attached hydrogen (secondary N) is 2. The number of anilines is 3. The summed E-state index contributed by atoms with van der Waals surface area (Å²) < 4.78 is 0. The quantitative estimate of drug-likeness (QED) is 0.748. The van der Waals surface area contributed by atoms with Gasteiger partial charge in [-0.3, -0.25) is 4.98 Å². The zero-order chi connectivity index (χ0) is 14.1. The van der Waals surface area contributed by atoms with Crippen molar-refractivity contribution in [1.82, 2.24) is 9.97 Å². The lowest BCUT2D eigenvalue weighted by atomic mass is 10.0. The smallest absolute Gasteiger partial charge is 0.149 e. The predicted molar refractivity (Wildman–Crippen MR) is 86.1 cm³/mol. The summed E-state index contributed by atoms with van der Waals surface area (Å²) in [5.41, 5.74) is 5.48. The topological polar surface area (TPSA) is 49.8 Å². The monoisotopic (exact) mass is 276 g/mol. The first kappa shape index (κ1) is 12.1. The van der Waals surface area contributed by atoms with Gasteiger partial charge in [-0.1, -0.05) is 12.1 Å². The summed E-state index contributed by atoms with van der Waals surface area (Å²) in [4.78, 5) is 9.02. The molecule has 0 spiro atoms. The summed E-state index contributed by atoms with van der Waals surface area (Å²) in [6.07, 6.45) is 4.09. The van der Waals surface area contributed by atoms with Gasteiger partial charge in [-0.2, -0.15) is 0 Å². The molecule has 0 fully saturated rings. The molecule has 0 atom stereocenters. The lowest BCUT2D eigenvalue weighted by molar-refractivity contribution is 0.830. The van der Waals surface area contributed by atoms with Gasteiger partial charge in [-0.05, 0) is 48.7 Å². The summed E-state index contributed by atoms with van der Waals surface area (Å²) in [6, 6.07) is 14.3. The van der Waals surface area contributed by atoms with Crippen molar-refractivity contribution < 1.29 is 0 Å². The molecule has 0 radical (unpaired) electrons. The minimum Gasteiger partial charge on any atom is -0.385 e. The van der Waals surface area contributed by atoms with Crippen LogP contribution in [-0.2, 0) is 6.42 Å². The third kappa shape index (κ3) is 2.40. The highest BCUT2D eigenvalue weighted by atomic mass is 15.0. The number of aromatic nitrogens is 2. The Bertz CT molecular complexity index is 798. The highest BCUT2D eigenvalue weighted by Gasteiger charge is 2.09. The first-order valence-corrected chi connectivity index (χ1v) is 7.24. The number of hydrogen-bond donors (Lipinski definition) is 2. The van der Waals surface area contributed by atoms with E-state index in [1.807, 2.05) is 24.3 Å². The van der Waals surface area contributed by atoms with E-state index in [4.69, 9.17) is 0 Å². The average molecular weight is 276 g/mol. The van der Waals surface area contributed by atoms with E-state index in [9.17, 15) is 0 Å². The van der Waals surface area contributed by atoms with Gasteiger partial charge in [0.1, 0.15) is 5.82 Å². The fraction of sp³-hybridized carbons (Fsp3) is 0.176. The second kappa shape index (κ2) is 5.05. The average Bonchev–Trinajstić information content (AvgIpc) is 2.55. The summed E-state index contributed by atoms with van der Waals surface area (Å²) >= 11 is 0. The molecule has 0 saturated carbocycles. The first-order chi connectivity index (χ1) is 10.4. The molecule has 3 aromatic rings. The number of para-hydroxylation sites is 2. The Morgan fingerprint density at radius 3 is 2.90 bits per heavy atom. The molecule has 0 unspecified atom stereocenters. The fourth-order valence-electron chi connectivity index (χ4n) is 2.72. The van der Waals surface area contributed by atoms with E-state index in [0.29, 0.717) is 0 Å². The number of aryl methyl sites for hydroxylation is 1. The van der Waals surface area contributed by atoms with Gasteiger partial charge in [0.05, 0.1) is 17.2 Å². The second-order valence-electron chi connectivity index (χ2n) is 5.27. The molecule has 0 bridgehead atoms. The molecule has 1 aliphatic heterocycles. The summed E-state index contributed by atoms with van der Waals surface area (Å²) in [7, 11) is 0. The van der Waals surface area contributed by atoms with E-state index in [1.165, 1.54) is 17.7 Å². The Balaban J connectivity index is 1.64. The molecule has 4 rings (SSSR count). The number of fused-ring (bicyclic) bond motifs is 2. The van der Waals surface area contributed by atoms with Crippen molar-refractivity contribution in [2.45, 2.75) is 12.8 Å². The molecule has 2 N–H and O–H groups in total. The van der Waals surface area contributed by atoms with E-state index >= 15 is 0 Å². The van der Waals surface area contributed by atoms with Crippen molar-refractivity contribution in [2.75, 3.05) is 17.2 Å². The van der Waals surface area contributed by atoms with Crippen LogP contribution in [0.2, 0.25) is 0 Å². The maximum absolute atomic E-state index is 4.59. The van der Waals surface area contributed by atoms with Crippen LogP contribution in [0.3, 0.4) is 0 Å². The number of nitrogens with zero attached hydrogens (tertiary/aromatic N) is 2. The number of rotatable bonds is 2. The van der Waals surface area contributed by atoms with Gasteiger partial charge >= 0.3 is 0 Å². The Kier molecular flexibility index (Phi) is 2.92. The van der Waals surface area contributed by atoms with E-state index in [2.05, 4.69) is 38.8 Å². The molecular weight excluding hydrogens is 260 g/mol. The third-order valence-corrected chi connectivity index (χ3v) is 3.76. The van der Waals surface area contributed by atoms with Crippen LogP contribution in [0.4, 0.5) is 17.2 Å². The van der Waals surface area contributed by atoms with Crippen molar-refractivity contribution in [3.8, 4) is 0 Å². The third-order valence-electron chi connectivity index (χ3n) is 3.76. The second-order valence-corrected chi connectivity index (χ2v) is 5.27. The van der Waals surface area contributed by atoms with Gasteiger partial charge in [0.2, 0.25) is 0 Å². The van der Waals surface area contributed by atoms with Crippen LogP contribution in [0.15, 0.2) is 48.7 Å². The first-order valence-electron chi connectivity index (χ1n) is 7.24. The maximum atomic E-state index is 4.59. The normalized spacial score (nSPS) is 13.5. The van der Waals surface area contributed by atoms with Crippen molar-refractivity contribution in [3.63, 3.8) is 0 Å². The number of benzene rings is 2. The Hall–Kier alpha value is -2.62. The van der Waals surface area contributed by atoms with Gasteiger partial charge in [-0.25, -0.2) is 4.98 Å². The summed E-state index contributed by atoms with van der Waals surface area (Å²) in [5, 5.41) is 6.77. The van der Waals surface area contributed by atoms with Crippen LogP contribution in [0, 0.1) is 0 Å². The minimum absolute atomic E-state index is 0.775. The molecule has 104 valence electrons. The standard InChI is InChI=1S/C17H16N4/c1-2-6-16-15(5-1)19-11-17(21-16)20-13-7-8-14-12(10-13)4-3-9-18-14/h1-2,5-8,10-11,18H,3-4,9H2,(H,20,21). The molecule has 0 aliphatic carbocycles. The van der Waals surface area contributed by atoms with Gasteiger partial charge in [0.15, 0.2) is 0 Å². The molecule has 4 nitrogen and oxygen atoms in total. The van der Waals surface area contributed by atoms with Crippen LogP contribution in [0.25, 0.3) is 11.0 Å². The zero-order valence-corrected chi connectivity index (χ0v) is 11.6. The van der Waals surface area contributed by atoms with Crippen LogP contribution >= 0.6 is 0 Å². The SMILES string of the molecule is c1ccc2nc(Nc3ccc4c(c3)CCCN4)cnc2c1. The Morgan fingerprint density at radius 2 is 1.95 bits per heavy atom. The summed E-state index contributed by atoms with van der Waals surface area (Å²) in [6.45, 7) is 1.07. The van der Waals surface area contributed by atoms with E-state index < -0.39 is 0 Å². The molecule has 21 heavy (non-hydrogen) atoms. The molecule has 0 amide bonds. The van der Waals surface area contributed by atoms with Crippen LogP contribution < -0.4 is 10.6 Å². The van der Waals surface area contributed by atoms with Crippen molar-refractivity contribution in [1.29, 1.82) is 0 Å². The molecule has 1 aromatic heterocycles. The van der Waals surface area contributed by atoms with E-state index in [-0.39, 0.29) is 0 Å². The Morgan fingerprint density at radius 1 is 1.05 bits per heavy atom. The van der Waals surface area contributed by atoms with Gasteiger partial charge in [-0.15, -0.1) is 0 Å². The Labute approximate surface area is 123 Å². The van der Waals surface area contributed by atoms with Crippen LogP contribution in [-0.4, -0.2) is 16.5 Å². The number of hydrogen-bond acceptors (Lipinski definition) is 4. The molecular formula is C17H16N4. The molecule has 2 heterocycles. The largest absolute Gasteiger partial charge is 0.385 e. The fourth-order valence-corrected chi connectivity index (χ4v) is 2.72. The highest BCUT2D eigenvalue weighted by Crippen LogP contribution is 2.26. The predicted octanol–water partition coefficient (Wildman–Crippen LogP) is 3.73. The molecule has 0 saturated heterocycles. The van der Waals surface area contributed by atoms with E-state index in [1.54, 1.807) is 6.20 Å². The van der Waals surface area contributed by atoms with Gasteiger partial charge in [0, 0.05) is 17.9 Å². The van der Waals surface area contributed by atoms with Crippen molar-refractivity contribution in [2.24, 2.45) is 0 Å². The minimum atomic E-state index is 0.775. The van der Waals surface area contributed by atoms with Crippen molar-refractivity contribution >= 4 is 28.2 Å². The van der Waals surface area contributed by atoms with Gasteiger partial charge in [0.25, 0.3) is 0 Å². The lowest BCUT2D eigenvalue weighted by Crippen LogP contribution is -2.11. The highest BCUT2D eigenvalue weighted by molar-refractivity contribution is 5.76. The van der Waals surface area contributed by atoms with Crippen LogP contribution in [0.5, 0.6) is 0 Å². The lowest BCUT2D eigenvalue weighted by Gasteiger charge is -2.19. The maximum Gasteiger partial charge on any atom is 0.149 e.